The largest absolute Gasteiger partial charge is 0.486 e. The van der Waals surface area contributed by atoms with E-state index < -0.39 is 0 Å². The first-order valence-electron chi connectivity index (χ1n) is 9.68. The lowest BCUT2D eigenvalue weighted by Gasteiger charge is -2.26. The van der Waals surface area contributed by atoms with Crippen LogP contribution in [0.25, 0.3) is 0 Å². The van der Waals surface area contributed by atoms with Gasteiger partial charge in [-0.2, -0.15) is 0 Å². The van der Waals surface area contributed by atoms with Gasteiger partial charge in [0.15, 0.2) is 11.5 Å². The Morgan fingerprint density at radius 1 is 1.15 bits per heavy atom. The highest BCUT2D eigenvalue weighted by Gasteiger charge is 2.29. The summed E-state index contributed by atoms with van der Waals surface area (Å²) < 4.78 is 11.3. The predicted molar refractivity (Wildman–Crippen MR) is 104 cm³/mol. The lowest BCUT2D eigenvalue weighted by molar-refractivity contribution is -0.123. The quantitative estimate of drug-likeness (QED) is 0.880. The second-order valence-electron chi connectivity index (χ2n) is 7.23. The van der Waals surface area contributed by atoms with Crippen molar-refractivity contribution in [1.82, 2.24) is 10.2 Å². The molecule has 2 atom stereocenters. The topological polar surface area (TPSA) is 50.8 Å². The summed E-state index contributed by atoms with van der Waals surface area (Å²) in [6.07, 6.45) is 2.15. The van der Waals surface area contributed by atoms with Crippen molar-refractivity contribution in [2.24, 2.45) is 0 Å². The first-order chi connectivity index (χ1) is 13.2. The molecule has 0 saturated carbocycles. The normalized spacial score (nSPS) is 20.3. The number of carbonyl (C=O) groups is 1. The summed E-state index contributed by atoms with van der Waals surface area (Å²) in [5.41, 5.74) is 2.32. The summed E-state index contributed by atoms with van der Waals surface area (Å²) in [6.45, 7) is 4.56. The van der Waals surface area contributed by atoms with E-state index in [2.05, 4.69) is 22.3 Å². The summed E-state index contributed by atoms with van der Waals surface area (Å²) in [7, 11) is 0. The van der Waals surface area contributed by atoms with Crippen LogP contribution in [-0.2, 0) is 4.79 Å². The zero-order valence-electron chi connectivity index (χ0n) is 15.7. The summed E-state index contributed by atoms with van der Waals surface area (Å²) in [5.74, 6) is 1.69. The Hall–Kier alpha value is -2.53. The van der Waals surface area contributed by atoms with E-state index in [9.17, 15) is 4.79 Å². The molecule has 5 heteroatoms. The third-order valence-electron chi connectivity index (χ3n) is 5.34. The molecule has 2 aromatic rings. The van der Waals surface area contributed by atoms with Gasteiger partial charge in [0.1, 0.15) is 13.2 Å². The molecule has 1 amide bonds. The van der Waals surface area contributed by atoms with Crippen LogP contribution in [0, 0.1) is 0 Å². The first kappa shape index (κ1) is 17.9. The van der Waals surface area contributed by atoms with Gasteiger partial charge in [-0.25, -0.2) is 0 Å². The zero-order valence-corrected chi connectivity index (χ0v) is 15.7. The number of likely N-dealkylation sites (tertiary alicyclic amines) is 1. The summed E-state index contributed by atoms with van der Waals surface area (Å²) in [6, 6.07) is 16.5. The molecule has 5 nitrogen and oxygen atoms in total. The van der Waals surface area contributed by atoms with E-state index in [1.54, 1.807) is 0 Å². The van der Waals surface area contributed by atoms with Crippen molar-refractivity contribution in [2.45, 2.75) is 31.8 Å². The Labute approximate surface area is 160 Å². The van der Waals surface area contributed by atoms with E-state index in [4.69, 9.17) is 9.47 Å². The van der Waals surface area contributed by atoms with Gasteiger partial charge < -0.3 is 14.8 Å². The van der Waals surface area contributed by atoms with Crippen LogP contribution in [0.5, 0.6) is 11.5 Å². The lowest BCUT2D eigenvalue weighted by atomic mass is 10.0. The van der Waals surface area contributed by atoms with Gasteiger partial charge in [-0.15, -0.1) is 0 Å². The smallest absolute Gasteiger partial charge is 0.234 e. The van der Waals surface area contributed by atoms with Crippen molar-refractivity contribution in [2.75, 3.05) is 26.3 Å². The fourth-order valence-corrected chi connectivity index (χ4v) is 3.96. The molecule has 0 aliphatic carbocycles. The third kappa shape index (κ3) is 4.08. The molecule has 27 heavy (non-hydrogen) atoms. The van der Waals surface area contributed by atoms with Gasteiger partial charge in [0.2, 0.25) is 5.91 Å². The van der Waals surface area contributed by atoms with Crippen molar-refractivity contribution >= 4 is 5.91 Å². The molecule has 142 valence electrons. The van der Waals surface area contributed by atoms with Gasteiger partial charge in [0, 0.05) is 6.04 Å². The Kier molecular flexibility index (Phi) is 5.30. The molecule has 2 aromatic carbocycles. The minimum atomic E-state index is 0.00838. The molecule has 0 bridgehead atoms. The van der Waals surface area contributed by atoms with Crippen LogP contribution in [0.15, 0.2) is 48.5 Å². The van der Waals surface area contributed by atoms with Crippen molar-refractivity contribution in [3.63, 3.8) is 0 Å². The number of hydrogen-bond acceptors (Lipinski definition) is 4. The number of nitrogens with one attached hydrogen (secondary N) is 1. The standard InChI is InChI=1S/C22H26N2O3/c1-16(17-6-3-2-4-7-17)23-22(25)15-24-11-5-8-19(24)18-9-10-20-21(14-18)27-13-12-26-20/h2-4,6-7,9-10,14,16,19H,5,8,11-13,15H2,1H3,(H,23,25)/t16-,19+/m1/s1. The maximum absolute atomic E-state index is 12.6. The van der Waals surface area contributed by atoms with Crippen LogP contribution in [0.3, 0.4) is 0 Å². The average Bonchev–Trinajstić information content (AvgIpc) is 3.16. The van der Waals surface area contributed by atoms with Gasteiger partial charge >= 0.3 is 0 Å². The minimum Gasteiger partial charge on any atom is -0.486 e. The van der Waals surface area contributed by atoms with Crippen LogP contribution in [-0.4, -0.2) is 37.1 Å². The van der Waals surface area contributed by atoms with Crippen LogP contribution in [0.2, 0.25) is 0 Å². The van der Waals surface area contributed by atoms with Crippen LogP contribution < -0.4 is 14.8 Å². The zero-order chi connectivity index (χ0) is 18.6. The minimum absolute atomic E-state index is 0.00838. The molecule has 1 N–H and O–H groups in total. The molecular weight excluding hydrogens is 340 g/mol. The van der Waals surface area contributed by atoms with Crippen molar-refractivity contribution in [3.8, 4) is 11.5 Å². The molecule has 1 saturated heterocycles. The fraction of sp³-hybridized carbons (Fsp3) is 0.409. The number of amides is 1. The Bertz CT molecular complexity index is 793. The number of benzene rings is 2. The lowest BCUT2D eigenvalue weighted by Crippen LogP contribution is -2.38. The van der Waals surface area contributed by atoms with Crippen LogP contribution in [0.4, 0.5) is 0 Å². The molecule has 1 fully saturated rings. The number of carbonyl (C=O) groups excluding carboxylic acids is 1. The fourth-order valence-electron chi connectivity index (χ4n) is 3.96. The van der Waals surface area contributed by atoms with Crippen molar-refractivity contribution in [3.05, 3.63) is 59.7 Å². The Morgan fingerprint density at radius 2 is 1.93 bits per heavy atom. The number of ether oxygens (including phenoxy) is 2. The SMILES string of the molecule is C[C@@H](NC(=O)CN1CCC[C@H]1c1ccc2c(c1)OCCO2)c1ccccc1. The summed E-state index contributed by atoms with van der Waals surface area (Å²) >= 11 is 0. The Balaban J connectivity index is 1.40. The molecule has 4 rings (SSSR count). The Morgan fingerprint density at radius 3 is 2.74 bits per heavy atom. The van der Waals surface area contributed by atoms with Gasteiger partial charge in [0.25, 0.3) is 0 Å². The molecule has 2 aliphatic rings. The van der Waals surface area contributed by atoms with E-state index >= 15 is 0 Å². The van der Waals surface area contributed by atoms with Gasteiger partial charge in [-0.3, -0.25) is 9.69 Å². The van der Waals surface area contributed by atoms with E-state index in [1.807, 2.05) is 43.3 Å². The number of hydrogen-bond donors (Lipinski definition) is 1. The van der Waals surface area contributed by atoms with E-state index in [0.29, 0.717) is 19.8 Å². The van der Waals surface area contributed by atoms with Gasteiger partial charge in [-0.05, 0) is 49.6 Å². The molecule has 2 heterocycles. The molecule has 0 aromatic heterocycles. The average molecular weight is 366 g/mol. The summed E-state index contributed by atoms with van der Waals surface area (Å²) in [4.78, 5) is 14.9. The number of fused-ring (bicyclic) bond motifs is 1. The van der Waals surface area contributed by atoms with Crippen LogP contribution >= 0.6 is 0 Å². The highest BCUT2D eigenvalue weighted by atomic mass is 16.6. The molecule has 0 radical (unpaired) electrons. The number of rotatable bonds is 5. The first-order valence-corrected chi connectivity index (χ1v) is 9.68. The summed E-state index contributed by atoms with van der Waals surface area (Å²) in [5, 5.41) is 3.12. The van der Waals surface area contributed by atoms with E-state index in [1.165, 1.54) is 5.56 Å². The molecular formula is C22H26N2O3. The van der Waals surface area contributed by atoms with Crippen molar-refractivity contribution in [1.29, 1.82) is 0 Å². The second kappa shape index (κ2) is 8.01. The van der Waals surface area contributed by atoms with Gasteiger partial charge in [0.05, 0.1) is 12.6 Å². The monoisotopic (exact) mass is 366 g/mol. The highest BCUT2D eigenvalue weighted by molar-refractivity contribution is 5.78. The molecule has 2 aliphatic heterocycles. The number of nitrogens with zero attached hydrogens (tertiary/aromatic N) is 1. The highest BCUT2D eigenvalue weighted by Crippen LogP contribution is 2.37. The predicted octanol–water partition coefficient (Wildman–Crippen LogP) is 3.47. The second-order valence-corrected chi connectivity index (χ2v) is 7.23. The van der Waals surface area contributed by atoms with Crippen LogP contribution in [0.1, 0.15) is 43.0 Å². The van der Waals surface area contributed by atoms with Gasteiger partial charge in [-0.1, -0.05) is 36.4 Å². The van der Waals surface area contributed by atoms with Crippen molar-refractivity contribution < 1.29 is 14.3 Å². The maximum atomic E-state index is 12.6. The third-order valence-corrected chi connectivity index (χ3v) is 5.34. The van der Waals surface area contributed by atoms with E-state index in [0.717, 1.165) is 36.4 Å². The maximum Gasteiger partial charge on any atom is 0.234 e. The molecule has 0 spiro atoms. The van der Waals surface area contributed by atoms with E-state index in [-0.39, 0.29) is 18.0 Å². The molecule has 0 unspecified atom stereocenters.